The Bertz CT molecular complexity index is 494. The molecule has 9 heteroatoms. The van der Waals surface area contributed by atoms with Gasteiger partial charge < -0.3 is 16.2 Å². The van der Waals surface area contributed by atoms with Gasteiger partial charge in [0.2, 0.25) is 5.91 Å². The van der Waals surface area contributed by atoms with Crippen LogP contribution in [0.25, 0.3) is 0 Å². The molecule has 104 valence electrons. The van der Waals surface area contributed by atoms with Gasteiger partial charge in [-0.15, -0.1) is 11.3 Å². The van der Waals surface area contributed by atoms with Crippen molar-refractivity contribution in [3.63, 3.8) is 0 Å². The number of aromatic nitrogens is 1. The van der Waals surface area contributed by atoms with Gasteiger partial charge in [0, 0.05) is 4.88 Å². The predicted octanol–water partition coefficient (Wildman–Crippen LogP) is 0.210. The van der Waals surface area contributed by atoms with Gasteiger partial charge in [0.1, 0.15) is 6.04 Å². The third-order valence-electron chi connectivity index (χ3n) is 2.26. The lowest BCUT2D eigenvalue weighted by molar-refractivity contribution is -0.140. The minimum Gasteiger partial charge on any atom is -0.480 e. The number of aryl methyl sites for hydroxylation is 2. The number of aliphatic carboxylic acids is 1. The molecule has 0 unspecified atom stereocenters. The predicted molar refractivity (Wildman–Crippen MR) is 69.0 cm³/mol. The second kappa shape index (κ2) is 6.14. The number of carboxylic acids is 1. The molecule has 1 atom stereocenters. The molecule has 3 amide bonds. The molecule has 0 saturated carbocycles. The quantitative estimate of drug-likeness (QED) is 0.613. The summed E-state index contributed by atoms with van der Waals surface area (Å²) in [7, 11) is 0. The van der Waals surface area contributed by atoms with E-state index in [1.165, 1.54) is 11.3 Å². The minimum atomic E-state index is -1.36. The summed E-state index contributed by atoms with van der Waals surface area (Å²) < 4.78 is 0. The SMILES string of the molecule is Cc1nc(NC(=O)N[C@H](CC(N)=O)C(=O)O)sc1C. The summed E-state index contributed by atoms with van der Waals surface area (Å²) in [6, 6.07) is -2.11. The van der Waals surface area contributed by atoms with Crippen LogP contribution in [0.3, 0.4) is 0 Å². The molecule has 0 aliphatic carbocycles. The van der Waals surface area contributed by atoms with Crippen LogP contribution in [0.4, 0.5) is 9.93 Å². The molecule has 5 N–H and O–H groups in total. The third-order valence-corrected chi connectivity index (χ3v) is 3.25. The Labute approximate surface area is 113 Å². The van der Waals surface area contributed by atoms with Crippen molar-refractivity contribution >= 4 is 34.4 Å². The summed E-state index contributed by atoms with van der Waals surface area (Å²) in [6.45, 7) is 3.64. The molecule has 1 rings (SSSR count). The van der Waals surface area contributed by atoms with Gasteiger partial charge in [0.05, 0.1) is 12.1 Å². The Morgan fingerprint density at radius 3 is 2.47 bits per heavy atom. The topological polar surface area (TPSA) is 134 Å². The van der Waals surface area contributed by atoms with E-state index in [1.54, 1.807) is 6.92 Å². The van der Waals surface area contributed by atoms with Crippen molar-refractivity contribution < 1.29 is 19.5 Å². The highest BCUT2D eigenvalue weighted by Gasteiger charge is 2.22. The van der Waals surface area contributed by atoms with Crippen LogP contribution >= 0.6 is 11.3 Å². The van der Waals surface area contributed by atoms with E-state index in [9.17, 15) is 14.4 Å². The van der Waals surface area contributed by atoms with Crippen LogP contribution in [0.5, 0.6) is 0 Å². The minimum absolute atomic E-state index is 0.357. The highest BCUT2D eigenvalue weighted by atomic mass is 32.1. The molecule has 0 saturated heterocycles. The van der Waals surface area contributed by atoms with Crippen LogP contribution in [0.1, 0.15) is 17.0 Å². The monoisotopic (exact) mass is 286 g/mol. The molecule has 0 aliphatic rings. The van der Waals surface area contributed by atoms with E-state index >= 15 is 0 Å². The maximum absolute atomic E-state index is 11.6. The number of hydrogen-bond donors (Lipinski definition) is 4. The van der Waals surface area contributed by atoms with Gasteiger partial charge in [-0.3, -0.25) is 10.1 Å². The van der Waals surface area contributed by atoms with E-state index < -0.39 is 30.4 Å². The highest BCUT2D eigenvalue weighted by Crippen LogP contribution is 2.20. The van der Waals surface area contributed by atoms with Gasteiger partial charge in [0.15, 0.2) is 5.13 Å². The molecule has 1 aromatic heterocycles. The van der Waals surface area contributed by atoms with E-state index in [2.05, 4.69) is 15.6 Å². The highest BCUT2D eigenvalue weighted by molar-refractivity contribution is 7.15. The molecule has 19 heavy (non-hydrogen) atoms. The largest absolute Gasteiger partial charge is 0.480 e. The Hall–Kier alpha value is -2.16. The number of nitrogens with zero attached hydrogens (tertiary/aromatic N) is 1. The molecular formula is C10H14N4O4S. The van der Waals surface area contributed by atoms with Crippen molar-refractivity contribution in [2.75, 3.05) is 5.32 Å². The Morgan fingerprint density at radius 2 is 2.05 bits per heavy atom. The van der Waals surface area contributed by atoms with E-state index in [4.69, 9.17) is 10.8 Å². The number of nitrogens with two attached hydrogens (primary N) is 1. The summed E-state index contributed by atoms with van der Waals surface area (Å²) in [5.41, 5.74) is 5.68. The average Bonchev–Trinajstić information content (AvgIpc) is 2.55. The van der Waals surface area contributed by atoms with E-state index in [0.29, 0.717) is 5.13 Å². The fourth-order valence-corrected chi connectivity index (χ4v) is 2.03. The van der Waals surface area contributed by atoms with Crippen molar-refractivity contribution in [3.05, 3.63) is 10.6 Å². The van der Waals surface area contributed by atoms with Crippen molar-refractivity contribution in [2.24, 2.45) is 5.73 Å². The number of carbonyl (C=O) groups excluding carboxylic acids is 2. The number of rotatable bonds is 5. The zero-order chi connectivity index (χ0) is 14.6. The lowest BCUT2D eigenvalue weighted by atomic mass is 10.2. The molecule has 0 spiro atoms. The summed E-state index contributed by atoms with van der Waals surface area (Å²) >= 11 is 1.27. The van der Waals surface area contributed by atoms with Gasteiger partial charge >= 0.3 is 12.0 Å². The molecule has 0 radical (unpaired) electrons. The zero-order valence-corrected chi connectivity index (χ0v) is 11.2. The lowest BCUT2D eigenvalue weighted by Gasteiger charge is -2.12. The average molecular weight is 286 g/mol. The first-order chi connectivity index (χ1) is 8.79. The number of carboxylic acid groups (broad SMARTS) is 1. The summed E-state index contributed by atoms with van der Waals surface area (Å²) in [5, 5.41) is 13.7. The van der Waals surface area contributed by atoms with Crippen LogP contribution in [-0.4, -0.2) is 34.0 Å². The first-order valence-corrected chi connectivity index (χ1v) is 6.14. The normalized spacial score (nSPS) is 11.7. The van der Waals surface area contributed by atoms with Gasteiger partial charge in [-0.2, -0.15) is 0 Å². The third kappa shape index (κ3) is 4.54. The zero-order valence-electron chi connectivity index (χ0n) is 10.4. The van der Waals surface area contributed by atoms with Gasteiger partial charge in [-0.25, -0.2) is 14.6 Å². The number of urea groups is 1. The summed E-state index contributed by atoms with van der Waals surface area (Å²) in [4.78, 5) is 38.1. The van der Waals surface area contributed by atoms with Gasteiger partial charge in [-0.1, -0.05) is 0 Å². The number of hydrogen-bond acceptors (Lipinski definition) is 5. The second-order valence-corrected chi connectivity index (χ2v) is 5.02. The number of amides is 3. The van der Waals surface area contributed by atoms with Crippen molar-refractivity contribution in [1.29, 1.82) is 0 Å². The van der Waals surface area contributed by atoms with Crippen LogP contribution < -0.4 is 16.4 Å². The van der Waals surface area contributed by atoms with Gasteiger partial charge in [0.25, 0.3) is 0 Å². The van der Waals surface area contributed by atoms with E-state index in [-0.39, 0.29) is 0 Å². The molecule has 0 bridgehead atoms. The van der Waals surface area contributed by atoms with Crippen molar-refractivity contribution in [1.82, 2.24) is 10.3 Å². The molecule has 1 heterocycles. The number of primary amides is 1. The molecule has 0 aliphatic heterocycles. The Balaban J connectivity index is 2.62. The number of anilines is 1. The van der Waals surface area contributed by atoms with Gasteiger partial charge in [-0.05, 0) is 13.8 Å². The van der Waals surface area contributed by atoms with Crippen LogP contribution in [0.15, 0.2) is 0 Å². The first-order valence-electron chi connectivity index (χ1n) is 5.32. The molecule has 0 fully saturated rings. The number of thiazole rings is 1. The number of nitrogens with one attached hydrogen (secondary N) is 2. The van der Waals surface area contributed by atoms with E-state index in [1.807, 2.05) is 6.92 Å². The standard InChI is InChI=1S/C10H14N4O4S/c1-4-5(2)19-10(12-4)14-9(18)13-6(8(16)17)3-7(11)15/h6H,3H2,1-2H3,(H2,11,15)(H,16,17)(H2,12,13,14,18)/t6-/m1/s1. The first kappa shape index (κ1) is 14.9. The molecular weight excluding hydrogens is 272 g/mol. The Kier molecular flexibility index (Phi) is 4.81. The maximum atomic E-state index is 11.6. The van der Waals surface area contributed by atoms with E-state index in [0.717, 1.165) is 10.6 Å². The molecule has 8 nitrogen and oxygen atoms in total. The van der Waals surface area contributed by atoms with Crippen molar-refractivity contribution in [2.45, 2.75) is 26.3 Å². The molecule has 1 aromatic rings. The maximum Gasteiger partial charge on any atom is 0.326 e. The fraction of sp³-hybridized carbons (Fsp3) is 0.400. The smallest absolute Gasteiger partial charge is 0.326 e. The van der Waals surface area contributed by atoms with Crippen molar-refractivity contribution in [3.8, 4) is 0 Å². The van der Waals surface area contributed by atoms with Crippen LogP contribution in [-0.2, 0) is 9.59 Å². The summed E-state index contributed by atoms with van der Waals surface area (Å²) in [5.74, 6) is -2.14. The van der Waals surface area contributed by atoms with Crippen LogP contribution in [0, 0.1) is 13.8 Å². The molecule has 0 aromatic carbocycles. The number of carbonyl (C=O) groups is 3. The Morgan fingerprint density at radius 1 is 1.42 bits per heavy atom. The second-order valence-electron chi connectivity index (χ2n) is 3.82. The fourth-order valence-electron chi connectivity index (χ4n) is 1.22. The summed E-state index contributed by atoms with van der Waals surface area (Å²) in [6.07, 6.45) is -0.474. The van der Waals surface area contributed by atoms with Crippen LogP contribution in [0.2, 0.25) is 0 Å². The lowest BCUT2D eigenvalue weighted by Crippen LogP contribution is -2.45.